The number of rotatable bonds is 6. The second-order valence-corrected chi connectivity index (χ2v) is 9.56. The van der Waals surface area contributed by atoms with Crippen LogP contribution in [-0.2, 0) is 11.3 Å². The Morgan fingerprint density at radius 2 is 1.73 bits per heavy atom. The molecule has 1 aliphatic heterocycles. The Morgan fingerprint density at radius 1 is 0.973 bits per heavy atom. The van der Waals surface area contributed by atoms with Gasteiger partial charge in [-0.1, -0.05) is 48.5 Å². The van der Waals surface area contributed by atoms with Gasteiger partial charge in [-0.3, -0.25) is 14.5 Å². The number of nitrogens with zero attached hydrogens (tertiary/aromatic N) is 2. The topological polar surface area (TPSA) is 63.0 Å². The molecular formula is C30H29FN2O4. The molecule has 2 heterocycles. The van der Waals surface area contributed by atoms with Crippen molar-refractivity contribution in [2.24, 2.45) is 0 Å². The zero-order valence-corrected chi connectivity index (χ0v) is 20.9. The minimum absolute atomic E-state index is 0.0150. The summed E-state index contributed by atoms with van der Waals surface area (Å²) in [6.07, 6.45) is 0. The largest absolute Gasteiger partial charge is 0.483 e. The van der Waals surface area contributed by atoms with Crippen LogP contribution in [0.1, 0.15) is 19.4 Å². The van der Waals surface area contributed by atoms with E-state index in [2.05, 4.69) is 11.8 Å². The lowest BCUT2D eigenvalue weighted by molar-refractivity contribution is -0.139. The molecule has 1 amide bonds. The van der Waals surface area contributed by atoms with E-state index in [0.717, 1.165) is 11.1 Å². The molecule has 0 radical (unpaired) electrons. The van der Waals surface area contributed by atoms with Crippen LogP contribution in [0, 0.1) is 5.82 Å². The normalized spacial score (nSPS) is 18.2. The molecule has 0 saturated carbocycles. The predicted octanol–water partition coefficient (Wildman–Crippen LogP) is 5.10. The van der Waals surface area contributed by atoms with Crippen LogP contribution >= 0.6 is 0 Å². The first-order valence-corrected chi connectivity index (χ1v) is 12.4. The van der Waals surface area contributed by atoms with Gasteiger partial charge in [0.25, 0.3) is 5.91 Å². The van der Waals surface area contributed by atoms with Crippen LogP contribution in [0.25, 0.3) is 22.3 Å². The second kappa shape index (κ2) is 10.6. The summed E-state index contributed by atoms with van der Waals surface area (Å²) in [5, 5.41) is 0.320. The van der Waals surface area contributed by atoms with Crippen molar-refractivity contribution in [2.75, 3.05) is 19.7 Å². The zero-order valence-electron chi connectivity index (χ0n) is 20.9. The Bertz CT molecular complexity index is 1450. The number of halogens is 1. The fourth-order valence-electron chi connectivity index (χ4n) is 4.86. The lowest BCUT2D eigenvalue weighted by atomic mass is 10.1. The first-order chi connectivity index (χ1) is 17.9. The van der Waals surface area contributed by atoms with Crippen LogP contribution in [0.15, 0.2) is 88.1 Å². The van der Waals surface area contributed by atoms with Crippen molar-refractivity contribution < 1.29 is 18.3 Å². The van der Waals surface area contributed by atoms with Gasteiger partial charge in [-0.25, -0.2) is 4.39 Å². The summed E-state index contributed by atoms with van der Waals surface area (Å²) >= 11 is 0. The maximum absolute atomic E-state index is 13.2. The highest BCUT2D eigenvalue weighted by Crippen LogP contribution is 2.27. The Hall–Kier alpha value is -3.97. The van der Waals surface area contributed by atoms with Gasteiger partial charge >= 0.3 is 0 Å². The van der Waals surface area contributed by atoms with Crippen molar-refractivity contribution in [3.63, 3.8) is 0 Å². The summed E-state index contributed by atoms with van der Waals surface area (Å²) in [5.74, 6) is 0.423. The molecule has 190 valence electrons. The van der Waals surface area contributed by atoms with Crippen LogP contribution in [-0.4, -0.2) is 47.5 Å². The van der Waals surface area contributed by atoms with E-state index in [1.54, 1.807) is 30.3 Å². The van der Waals surface area contributed by atoms with Gasteiger partial charge in [0.05, 0.1) is 0 Å². The number of hydrogen-bond donors (Lipinski definition) is 0. The van der Waals surface area contributed by atoms with Gasteiger partial charge < -0.3 is 14.1 Å². The molecule has 6 nitrogen and oxygen atoms in total. The Morgan fingerprint density at radius 3 is 2.49 bits per heavy atom. The highest BCUT2D eigenvalue weighted by Gasteiger charge is 2.32. The van der Waals surface area contributed by atoms with Crippen molar-refractivity contribution in [1.29, 1.82) is 0 Å². The average Bonchev–Trinajstić information content (AvgIpc) is 2.90. The molecule has 0 aliphatic carbocycles. The van der Waals surface area contributed by atoms with Gasteiger partial charge in [0, 0.05) is 43.3 Å². The van der Waals surface area contributed by atoms with Gasteiger partial charge in [0.2, 0.25) is 0 Å². The number of amides is 1. The summed E-state index contributed by atoms with van der Waals surface area (Å²) in [7, 11) is 0. The van der Waals surface area contributed by atoms with E-state index in [1.807, 2.05) is 42.2 Å². The van der Waals surface area contributed by atoms with Crippen LogP contribution in [0.4, 0.5) is 4.39 Å². The third kappa shape index (κ3) is 5.42. The smallest absolute Gasteiger partial charge is 0.260 e. The Labute approximate surface area is 214 Å². The third-order valence-electron chi connectivity index (χ3n) is 6.86. The first-order valence-electron chi connectivity index (χ1n) is 12.4. The minimum Gasteiger partial charge on any atom is -0.483 e. The SMILES string of the molecule is C[C@@H]1CN(Cc2ccc(F)cc2)[C@@H](C)CN1C(=O)COc1cccc2oc(-c3ccccc3)cc(=O)c12. The molecule has 1 aromatic heterocycles. The highest BCUT2D eigenvalue weighted by molar-refractivity contribution is 5.85. The summed E-state index contributed by atoms with van der Waals surface area (Å²) in [6.45, 7) is 5.87. The van der Waals surface area contributed by atoms with Gasteiger partial charge in [-0.05, 0) is 43.7 Å². The van der Waals surface area contributed by atoms with E-state index < -0.39 is 0 Å². The van der Waals surface area contributed by atoms with E-state index in [1.165, 1.54) is 18.2 Å². The van der Waals surface area contributed by atoms with Crippen molar-refractivity contribution >= 4 is 16.9 Å². The number of carbonyl (C=O) groups is 1. The molecule has 0 bridgehead atoms. The molecule has 2 atom stereocenters. The summed E-state index contributed by atoms with van der Waals surface area (Å²) < 4.78 is 25.1. The maximum atomic E-state index is 13.2. The van der Waals surface area contributed by atoms with Crippen molar-refractivity contribution in [1.82, 2.24) is 9.80 Å². The van der Waals surface area contributed by atoms with Gasteiger partial charge in [0.15, 0.2) is 12.0 Å². The van der Waals surface area contributed by atoms with E-state index in [9.17, 15) is 14.0 Å². The summed E-state index contributed by atoms with van der Waals surface area (Å²) in [4.78, 5) is 30.2. The van der Waals surface area contributed by atoms with E-state index in [4.69, 9.17) is 9.15 Å². The molecule has 37 heavy (non-hydrogen) atoms. The third-order valence-corrected chi connectivity index (χ3v) is 6.86. The van der Waals surface area contributed by atoms with Crippen LogP contribution in [0.3, 0.4) is 0 Å². The zero-order chi connectivity index (χ0) is 25.9. The second-order valence-electron chi connectivity index (χ2n) is 9.56. The first kappa shape index (κ1) is 24.7. The molecule has 0 spiro atoms. The van der Waals surface area contributed by atoms with Crippen molar-refractivity contribution in [2.45, 2.75) is 32.5 Å². The van der Waals surface area contributed by atoms with E-state index >= 15 is 0 Å². The number of hydrogen-bond acceptors (Lipinski definition) is 5. The molecule has 1 saturated heterocycles. The van der Waals surface area contributed by atoms with Gasteiger partial charge in [-0.15, -0.1) is 0 Å². The van der Waals surface area contributed by atoms with Gasteiger partial charge in [-0.2, -0.15) is 0 Å². The molecule has 4 aromatic rings. The summed E-state index contributed by atoms with van der Waals surface area (Å²) in [6, 6.07) is 22.7. The number of carbonyl (C=O) groups excluding carboxylic acids is 1. The molecular weight excluding hydrogens is 471 g/mol. The number of fused-ring (bicyclic) bond motifs is 1. The fraction of sp³-hybridized carbons (Fsp3) is 0.267. The molecule has 1 aliphatic rings. The molecule has 0 unspecified atom stereocenters. The molecule has 1 fully saturated rings. The minimum atomic E-state index is -0.249. The van der Waals surface area contributed by atoms with Crippen LogP contribution in [0.2, 0.25) is 0 Å². The number of piperazine rings is 1. The van der Waals surface area contributed by atoms with Gasteiger partial charge in [0.1, 0.15) is 28.3 Å². The Balaban J connectivity index is 1.26. The molecule has 3 aromatic carbocycles. The number of benzene rings is 3. The predicted molar refractivity (Wildman–Crippen MR) is 141 cm³/mol. The number of ether oxygens (including phenoxy) is 1. The standard InChI is InChI=1S/C30H29FN2O4/c1-20-17-33(21(2)16-32(20)18-22-11-13-24(31)14-12-22)29(35)19-36-26-9-6-10-27-30(26)25(34)15-28(37-27)23-7-4-3-5-8-23/h3-15,20-21H,16-19H2,1-2H3/t20-,21+/m0/s1. The van der Waals surface area contributed by atoms with Crippen LogP contribution < -0.4 is 10.2 Å². The highest BCUT2D eigenvalue weighted by atomic mass is 19.1. The fourth-order valence-corrected chi connectivity index (χ4v) is 4.86. The molecule has 5 rings (SSSR count). The quantitative estimate of drug-likeness (QED) is 0.369. The van der Waals surface area contributed by atoms with E-state index in [0.29, 0.717) is 42.1 Å². The summed E-state index contributed by atoms with van der Waals surface area (Å²) in [5.41, 5.74) is 2.03. The lowest BCUT2D eigenvalue weighted by Crippen LogP contribution is -2.58. The lowest BCUT2D eigenvalue weighted by Gasteiger charge is -2.44. The maximum Gasteiger partial charge on any atom is 0.260 e. The van der Waals surface area contributed by atoms with E-state index in [-0.39, 0.29) is 35.8 Å². The molecule has 0 N–H and O–H groups in total. The van der Waals surface area contributed by atoms with Crippen molar-refractivity contribution in [3.8, 4) is 17.1 Å². The Kier molecular flexibility index (Phi) is 7.06. The van der Waals surface area contributed by atoms with Crippen molar-refractivity contribution in [3.05, 3.63) is 100 Å². The molecule has 7 heteroatoms. The monoisotopic (exact) mass is 500 g/mol. The van der Waals surface area contributed by atoms with Crippen LogP contribution in [0.5, 0.6) is 5.75 Å². The average molecular weight is 501 g/mol.